The van der Waals surface area contributed by atoms with Crippen molar-refractivity contribution >= 4 is 22.7 Å². The molecule has 2 rings (SSSR count). The molecule has 0 amide bonds. The van der Waals surface area contributed by atoms with Crippen LogP contribution in [0.3, 0.4) is 0 Å². The van der Waals surface area contributed by atoms with E-state index in [9.17, 15) is 13.2 Å². The topological polar surface area (TPSA) is 15.3 Å². The van der Waals surface area contributed by atoms with Crippen LogP contribution in [0.4, 0.5) is 24.5 Å². The summed E-state index contributed by atoms with van der Waals surface area (Å²) in [5.74, 6) is 0. The SMILES string of the molecule is CN(C)c1ccc(C(F)(F)F)cc1NCc1ccsc1. The second-order valence-electron chi connectivity index (χ2n) is 4.61. The van der Waals surface area contributed by atoms with Gasteiger partial charge in [0.25, 0.3) is 0 Å². The minimum atomic E-state index is -4.33. The van der Waals surface area contributed by atoms with Crippen molar-refractivity contribution in [3.8, 4) is 0 Å². The molecule has 20 heavy (non-hydrogen) atoms. The lowest BCUT2D eigenvalue weighted by Gasteiger charge is -2.20. The smallest absolute Gasteiger partial charge is 0.379 e. The monoisotopic (exact) mass is 300 g/mol. The molecule has 108 valence electrons. The van der Waals surface area contributed by atoms with Crippen LogP contribution >= 0.6 is 11.3 Å². The number of hydrogen-bond donors (Lipinski definition) is 1. The molecular weight excluding hydrogens is 285 g/mol. The van der Waals surface area contributed by atoms with Gasteiger partial charge in [0.1, 0.15) is 0 Å². The minimum absolute atomic E-state index is 0.482. The molecular formula is C14H15F3N2S. The fraction of sp³-hybridized carbons (Fsp3) is 0.286. The third-order valence-corrected chi connectivity index (χ3v) is 3.60. The number of hydrogen-bond acceptors (Lipinski definition) is 3. The van der Waals surface area contributed by atoms with E-state index in [4.69, 9.17) is 0 Å². The highest BCUT2D eigenvalue weighted by Gasteiger charge is 2.31. The van der Waals surface area contributed by atoms with E-state index in [0.717, 1.165) is 23.4 Å². The maximum Gasteiger partial charge on any atom is 0.416 e. The Labute approximate surface area is 119 Å². The van der Waals surface area contributed by atoms with Crippen LogP contribution in [0.15, 0.2) is 35.0 Å². The third kappa shape index (κ3) is 3.45. The number of nitrogens with zero attached hydrogens (tertiary/aromatic N) is 1. The average Bonchev–Trinajstić information content (AvgIpc) is 2.87. The number of nitrogens with one attached hydrogen (secondary N) is 1. The van der Waals surface area contributed by atoms with E-state index in [2.05, 4.69) is 5.32 Å². The van der Waals surface area contributed by atoms with Crippen LogP contribution in [-0.4, -0.2) is 14.1 Å². The van der Waals surface area contributed by atoms with E-state index >= 15 is 0 Å². The Morgan fingerprint density at radius 2 is 1.95 bits per heavy atom. The van der Waals surface area contributed by atoms with Gasteiger partial charge in [-0.25, -0.2) is 0 Å². The summed E-state index contributed by atoms with van der Waals surface area (Å²) in [6.07, 6.45) is -4.33. The van der Waals surface area contributed by atoms with Crippen LogP contribution in [0, 0.1) is 0 Å². The maximum absolute atomic E-state index is 12.8. The van der Waals surface area contributed by atoms with Crippen molar-refractivity contribution in [1.82, 2.24) is 0 Å². The molecule has 0 spiro atoms. The molecule has 1 N–H and O–H groups in total. The largest absolute Gasteiger partial charge is 0.416 e. The van der Waals surface area contributed by atoms with E-state index in [1.54, 1.807) is 30.3 Å². The van der Waals surface area contributed by atoms with Crippen molar-refractivity contribution < 1.29 is 13.2 Å². The number of rotatable bonds is 4. The molecule has 0 saturated heterocycles. The predicted molar refractivity (Wildman–Crippen MR) is 77.4 cm³/mol. The fourth-order valence-corrected chi connectivity index (χ4v) is 2.50. The number of thiophene rings is 1. The fourth-order valence-electron chi connectivity index (χ4n) is 1.83. The third-order valence-electron chi connectivity index (χ3n) is 2.87. The Hall–Kier alpha value is -1.69. The number of benzene rings is 1. The Kier molecular flexibility index (Phi) is 4.23. The first kappa shape index (κ1) is 14.7. The van der Waals surface area contributed by atoms with Gasteiger partial charge in [-0.3, -0.25) is 0 Å². The number of anilines is 2. The predicted octanol–water partition coefficient (Wildman–Crippen LogP) is 4.45. The van der Waals surface area contributed by atoms with Crippen molar-refractivity contribution in [3.63, 3.8) is 0 Å². The summed E-state index contributed by atoms with van der Waals surface area (Å²) in [5.41, 5.74) is 1.62. The molecule has 0 fully saturated rings. The van der Waals surface area contributed by atoms with Gasteiger partial charge in [-0.15, -0.1) is 0 Å². The zero-order valence-electron chi connectivity index (χ0n) is 11.2. The quantitative estimate of drug-likeness (QED) is 0.897. The molecule has 0 aliphatic carbocycles. The first-order valence-corrected chi connectivity index (χ1v) is 6.96. The highest BCUT2D eigenvalue weighted by atomic mass is 32.1. The Morgan fingerprint density at radius 3 is 2.50 bits per heavy atom. The molecule has 0 saturated carbocycles. The first-order valence-electron chi connectivity index (χ1n) is 6.01. The van der Waals surface area contributed by atoms with Gasteiger partial charge in [0.2, 0.25) is 0 Å². The highest BCUT2D eigenvalue weighted by Crippen LogP contribution is 2.35. The summed E-state index contributed by atoms with van der Waals surface area (Å²) in [6.45, 7) is 0.506. The lowest BCUT2D eigenvalue weighted by Crippen LogP contribution is -2.14. The van der Waals surface area contributed by atoms with Gasteiger partial charge in [0, 0.05) is 20.6 Å². The van der Waals surface area contributed by atoms with Crippen LogP contribution in [0.5, 0.6) is 0 Å². The van der Waals surface area contributed by atoms with Crippen LogP contribution in [0.2, 0.25) is 0 Å². The van der Waals surface area contributed by atoms with E-state index in [1.807, 2.05) is 16.8 Å². The summed E-state index contributed by atoms with van der Waals surface area (Å²) in [4.78, 5) is 1.79. The van der Waals surface area contributed by atoms with E-state index in [1.165, 1.54) is 6.07 Å². The molecule has 1 aromatic carbocycles. The number of halogens is 3. The molecule has 0 bridgehead atoms. The van der Waals surface area contributed by atoms with Gasteiger partial charge >= 0.3 is 6.18 Å². The van der Waals surface area contributed by atoms with E-state index in [0.29, 0.717) is 12.2 Å². The normalized spacial score (nSPS) is 11.4. The van der Waals surface area contributed by atoms with Crippen LogP contribution < -0.4 is 10.2 Å². The summed E-state index contributed by atoms with van der Waals surface area (Å²) in [6, 6.07) is 5.69. The second kappa shape index (κ2) is 5.75. The van der Waals surface area contributed by atoms with Crippen molar-refractivity contribution in [2.24, 2.45) is 0 Å². The molecule has 0 aliphatic heterocycles. The van der Waals surface area contributed by atoms with E-state index < -0.39 is 11.7 Å². The van der Waals surface area contributed by atoms with E-state index in [-0.39, 0.29) is 0 Å². The van der Waals surface area contributed by atoms with Gasteiger partial charge in [-0.1, -0.05) is 0 Å². The molecule has 2 aromatic rings. The molecule has 0 aliphatic rings. The van der Waals surface area contributed by atoms with Crippen molar-refractivity contribution in [3.05, 3.63) is 46.2 Å². The molecule has 0 unspecified atom stereocenters. The maximum atomic E-state index is 12.8. The lowest BCUT2D eigenvalue weighted by atomic mass is 10.1. The number of alkyl halides is 3. The van der Waals surface area contributed by atoms with Crippen molar-refractivity contribution in [2.75, 3.05) is 24.3 Å². The lowest BCUT2D eigenvalue weighted by molar-refractivity contribution is -0.137. The van der Waals surface area contributed by atoms with Crippen LogP contribution in [0.25, 0.3) is 0 Å². The Morgan fingerprint density at radius 1 is 1.20 bits per heavy atom. The second-order valence-corrected chi connectivity index (χ2v) is 5.39. The van der Waals surface area contributed by atoms with Crippen molar-refractivity contribution in [1.29, 1.82) is 0 Å². The van der Waals surface area contributed by atoms with Crippen LogP contribution in [-0.2, 0) is 12.7 Å². The van der Waals surface area contributed by atoms with Gasteiger partial charge in [-0.05, 0) is 40.6 Å². The molecule has 0 radical (unpaired) electrons. The molecule has 6 heteroatoms. The summed E-state index contributed by atoms with van der Waals surface area (Å²) >= 11 is 1.56. The molecule has 1 aromatic heterocycles. The van der Waals surface area contributed by atoms with Crippen LogP contribution in [0.1, 0.15) is 11.1 Å². The summed E-state index contributed by atoms with van der Waals surface area (Å²) in [5, 5.41) is 6.98. The summed E-state index contributed by atoms with van der Waals surface area (Å²) < 4.78 is 38.3. The molecule has 2 nitrogen and oxygen atoms in total. The van der Waals surface area contributed by atoms with Gasteiger partial charge < -0.3 is 10.2 Å². The Balaban J connectivity index is 2.27. The standard InChI is InChI=1S/C14H15F3N2S/c1-19(2)13-4-3-11(14(15,16)17)7-12(13)18-8-10-5-6-20-9-10/h3-7,9,18H,8H2,1-2H3. The summed E-state index contributed by atoms with van der Waals surface area (Å²) in [7, 11) is 3.61. The molecule has 0 atom stereocenters. The first-order chi connectivity index (χ1) is 9.38. The zero-order chi connectivity index (χ0) is 14.8. The average molecular weight is 300 g/mol. The van der Waals surface area contributed by atoms with Gasteiger partial charge in [-0.2, -0.15) is 24.5 Å². The Bertz CT molecular complexity index is 562. The van der Waals surface area contributed by atoms with Gasteiger partial charge in [0.05, 0.1) is 16.9 Å². The highest BCUT2D eigenvalue weighted by molar-refractivity contribution is 7.07. The minimum Gasteiger partial charge on any atom is -0.379 e. The molecule has 1 heterocycles. The van der Waals surface area contributed by atoms with Crippen molar-refractivity contribution in [2.45, 2.75) is 12.7 Å². The van der Waals surface area contributed by atoms with Gasteiger partial charge in [0.15, 0.2) is 0 Å². The zero-order valence-corrected chi connectivity index (χ0v) is 12.0.